The monoisotopic (exact) mass is 170 g/mol. The van der Waals surface area contributed by atoms with Gasteiger partial charge in [-0.3, -0.25) is 0 Å². The topological polar surface area (TPSA) is 0 Å². The van der Waals surface area contributed by atoms with Gasteiger partial charge in [0.1, 0.15) is 0 Å². The summed E-state index contributed by atoms with van der Waals surface area (Å²) in [6, 6.07) is 0. The predicted molar refractivity (Wildman–Crippen MR) is 34.1 cm³/mol. The summed E-state index contributed by atoms with van der Waals surface area (Å²) in [5.41, 5.74) is 0. The van der Waals surface area contributed by atoms with E-state index in [9.17, 15) is 0 Å². The highest BCUT2D eigenvalue weighted by Gasteiger charge is 1.43. The number of hydrogen-bond acceptors (Lipinski definition) is 2. The SMILES string of the molecule is ClSCl.SCl. The zero-order valence-corrected chi connectivity index (χ0v) is 5.97. The fourth-order valence-electron chi connectivity index (χ4n) is 0. The molecule has 0 unspecified atom stereocenters. The number of thiol groups is 1. The lowest BCUT2D eigenvalue weighted by atomic mass is 31.6. The van der Waals surface area contributed by atoms with Gasteiger partial charge in [-0.2, -0.15) is 0 Å². The van der Waals surface area contributed by atoms with Gasteiger partial charge >= 0.3 is 0 Å². The Hall–Kier alpha value is 1.57. The highest BCUT2D eigenvalue weighted by molar-refractivity contribution is 8.38. The molecule has 5 heavy (non-hydrogen) atoms. The number of halogens is 3. The molecule has 5 heteroatoms. The number of hydrogen-bond donors (Lipinski definition) is 1. The smallest absolute Gasteiger partial charge is 0.0523 e. The van der Waals surface area contributed by atoms with Crippen molar-refractivity contribution in [3.05, 3.63) is 0 Å². The highest BCUT2D eigenvalue weighted by atomic mass is 36.0. The van der Waals surface area contributed by atoms with Gasteiger partial charge in [-0.25, -0.2) is 0 Å². The summed E-state index contributed by atoms with van der Waals surface area (Å²) < 4.78 is 0. The fourth-order valence-corrected chi connectivity index (χ4v) is 0. The Bertz CT molecular complexity index is 4.85. The highest BCUT2D eigenvalue weighted by Crippen LogP contribution is 2.08. The summed E-state index contributed by atoms with van der Waals surface area (Å²) in [6.07, 6.45) is 0. The summed E-state index contributed by atoms with van der Waals surface area (Å²) >= 11 is 3.00. The molecule has 0 atom stereocenters. The summed E-state index contributed by atoms with van der Waals surface area (Å²) in [6.45, 7) is 0. The molecule has 0 N–H and O–H groups in total. The molecule has 0 radical (unpaired) electrons. The van der Waals surface area contributed by atoms with Crippen molar-refractivity contribution in [2.45, 2.75) is 0 Å². The van der Waals surface area contributed by atoms with Crippen LogP contribution in [0.5, 0.6) is 0 Å². The Balaban J connectivity index is 0. The molecule has 0 amide bonds. The van der Waals surface area contributed by atoms with Gasteiger partial charge in [0.2, 0.25) is 0 Å². The average molecular weight is 172 g/mol. The minimum Gasteiger partial charge on any atom is -0.0728 e. The van der Waals surface area contributed by atoms with Crippen LogP contribution in [0.1, 0.15) is 0 Å². The van der Waals surface area contributed by atoms with Crippen LogP contribution in [0.3, 0.4) is 0 Å². The normalized spacial score (nSPS) is 4.80. The third kappa shape index (κ3) is 28.8. The van der Waals surface area contributed by atoms with E-state index >= 15 is 0 Å². The largest absolute Gasteiger partial charge is 0.0728 e. The Morgan fingerprint density at radius 2 is 1.20 bits per heavy atom. The first-order chi connectivity index (χ1) is 2.41. The molecule has 0 heterocycles. The van der Waals surface area contributed by atoms with Gasteiger partial charge in [0.05, 0.1) is 10.2 Å². The van der Waals surface area contributed by atoms with Crippen LogP contribution in [0.4, 0.5) is 0 Å². The van der Waals surface area contributed by atoms with Crippen LogP contribution < -0.4 is 0 Å². The van der Waals surface area contributed by atoms with Gasteiger partial charge in [-0.05, 0) is 32.0 Å². The molecule has 0 aromatic rings. The molecule has 0 saturated heterocycles. The summed E-state index contributed by atoms with van der Waals surface area (Å²) in [7, 11) is 14.4. The molecule has 0 spiro atoms. The maximum atomic E-state index is 4.68. The van der Waals surface area contributed by atoms with Crippen LogP contribution in [-0.2, 0) is 0 Å². The van der Waals surface area contributed by atoms with Crippen molar-refractivity contribution >= 4 is 54.1 Å². The quantitative estimate of drug-likeness (QED) is 0.547. The first kappa shape index (κ1) is 9.76. The van der Waals surface area contributed by atoms with E-state index in [1.54, 1.807) is 0 Å². The van der Waals surface area contributed by atoms with Crippen molar-refractivity contribution in [1.29, 1.82) is 0 Å². The molecule has 0 bridgehead atoms. The van der Waals surface area contributed by atoms with Crippen molar-refractivity contribution in [2.24, 2.45) is 0 Å². The predicted octanol–water partition coefficient (Wildman–Crippen LogP) is 3.10. The summed E-state index contributed by atoms with van der Waals surface area (Å²) in [5, 5.41) is 0. The van der Waals surface area contributed by atoms with Crippen molar-refractivity contribution in [3.63, 3.8) is 0 Å². The lowest BCUT2D eigenvalue weighted by Gasteiger charge is -1.40. The molecule has 0 aliphatic rings. The van der Waals surface area contributed by atoms with Crippen molar-refractivity contribution in [3.8, 4) is 0 Å². The maximum Gasteiger partial charge on any atom is 0.0523 e. The molecule has 0 rings (SSSR count). The number of rotatable bonds is 0. The second-order valence-corrected chi connectivity index (χ2v) is 1.57. The molecule has 0 aromatic heterocycles. The van der Waals surface area contributed by atoms with Gasteiger partial charge in [-0.1, -0.05) is 11.8 Å². The molecule has 0 aromatic carbocycles. The Kier molecular flexibility index (Phi) is 34.4. The zero-order chi connectivity index (χ0) is 4.71. The van der Waals surface area contributed by atoms with E-state index in [0.717, 1.165) is 0 Å². The molecule has 0 saturated carbocycles. The second kappa shape index (κ2) is 17.6. The zero-order valence-electron chi connectivity index (χ0n) is 1.99. The molecular weight excluding hydrogens is 170 g/mol. The van der Waals surface area contributed by atoms with Crippen LogP contribution in [0.2, 0.25) is 0 Å². The van der Waals surface area contributed by atoms with Crippen LogP contribution in [0, 0.1) is 0 Å². The maximum absolute atomic E-state index is 4.68. The molecule has 0 aliphatic carbocycles. The summed E-state index contributed by atoms with van der Waals surface area (Å²) in [4.78, 5) is 0. The lowest BCUT2D eigenvalue weighted by Crippen LogP contribution is -0.745. The van der Waals surface area contributed by atoms with Gasteiger partial charge in [-0.15, -0.1) is 0 Å². The minimum absolute atomic E-state index is 0.694. The minimum atomic E-state index is 0.694. The lowest BCUT2D eigenvalue weighted by molar-refractivity contribution is 5.06. The van der Waals surface area contributed by atoms with E-state index in [1.165, 1.54) is 0 Å². The fraction of sp³-hybridized carbons (Fsp3) is 0. The molecule has 0 nitrogen and oxygen atoms in total. The second-order valence-electron chi connectivity index (χ2n) is 0.0583. The molecular formula is HCl3S2. The van der Waals surface area contributed by atoms with E-state index in [2.05, 4.69) is 43.9 Å². The first-order valence-corrected chi connectivity index (χ1v) is 4.30. The van der Waals surface area contributed by atoms with Gasteiger partial charge in [0.25, 0.3) is 0 Å². The van der Waals surface area contributed by atoms with Crippen molar-refractivity contribution in [2.75, 3.05) is 0 Å². The van der Waals surface area contributed by atoms with E-state index < -0.39 is 0 Å². The Morgan fingerprint density at radius 1 is 1.20 bits per heavy atom. The average Bonchev–Trinajstić information content (AvgIpc) is 1.46. The van der Waals surface area contributed by atoms with Gasteiger partial charge in [0, 0.05) is 0 Å². The van der Waals surface area contributed by atoms with E-state index in [1.807, 2.05) is 0 Å². The van der Waals surface area contributed by atoms with Crippen molar-refractivity contribution in [1.82, 2.24) is 0 Å². The van der Waals surface area contributed by atoms with E-state index in [4.69, 9.17) is 0 Å². The van der Waals surface area contributed by atoms with Crippen LogP contribution in [-0.4, -0.2) is 0 Å². The third-order valence-electron chi connectivity index (χ3n) is 0. The van der Waals surface area contributed by atoms with Crippen LogP contribution in [0.15, 0.2) is 0 Å². The van der Waals surface area contributed by atoms with Crippen LogP contribution >= 0.6 is 54.1 Å². The van der Waals surface area contributed by atoms with Crippen LogP contribution in [0.25, 0.3) is 0 Å². The molecule has 0 aliphatic heterocycles. The standard InChI is InChI=1S/Cl2S.ClHS/c1-3-2;1-2/h;2H. The Labute approximate surface area is 54.1 Å². The van der Waals surface area contributed by atoms with Crippen molar-refractivity contribution < 1.29 is 0 Å². The summed E-state index contributed by atoms with van der Waals surface area (Å²) in [5.74, 6) is 0. The Morgan fingerprint density at radius 3 is 1.20 bits per heavy atom. The van der Waals surface area contributed by atoms with Gasteiger partial charge < -0.3 is 0 Å². The van der Waals surface area contributed by atoms with E-state index in [0.29, 0.717) is 10.2 Å². The van der Waals surface area contributed by atoms with Gasteiger partial charge in [0.15, 0.2) is 0 Å². The third-order valence-corrected chi connectivity index (χ3v) is 0. The first-order valence-electron chi connectivity index (χ1n) is 0.478. The molecule has 0 fully saturated rings. The van der Waals surface area contributed by atoms with E-state index in [-0.39, 0.29) is 0 Å². The molecule has 34 valence electrons.